The number of carbonyl (C=O) groups excluding carboxylic acids is 2. The molecule has 0 saturated heterocycles. The fourth-order valence-electron chi connectivity index (χ4n) is 3.47. The average Bonchev–Trinajstić information content (AvgIpc) is 3.07. The Morgan fingerprint density at radius 1 is 1.04 bits per heavy atom. The highest BCUT2D eigenvalue weighted by Crippen LogP contribution is 2.18. The van der Waals surface area contributed by atoms with Crippen LogP contribution in [-0.2, 0) is 11.2 Å². The van der Waals surface area contributed by atoms with Crippen LogP contribution in [0.1, 0.15) is 70.5 Å². The highest BCUT2D eigenvalue weighted by molar-refractivity contribution is 5.96. The third-order valence-electron chi connectivity index (χ3n) is 4.94. The largest absolute Gasteiger partial charge is 0.335 e. The molecule has 2 rings (SSSR count). The lowest BCUT2D eigenvalue weighted by Crippen LogP contribution is -2.50. The Balaban J connectivity index is 1.80. The molecule has 26 heavy (non-hydrogen) atoms. The summed E-state index contributed by atoms with van der Waals surface area (Å²) in [6.07, 6.45) is 5.35. The molecule has 2 atom stereocenters. The molecule has 1 aliphatic rings. The third kappa shape index (κ3) is 6.45. The number of hydrogen-bond acceptors (Lipinski definition) is 3. The Morgan fingerprint density at radius 3 is 2.23 bits per heavy atom. The van der Waals surface area contributed by atoms with Crippen molar-refractivity contribution in [2.45, 2.75) is 77.9 Å². The number of imide groups is 1. The van der Waals surface area contributed by atoms with Gasteiger partial charge in [-0.05, 0) is 50.2 Å². The number of amides is 3. The van der Waals surface area contributed by atoms with Gasteiger partial charge in [0.2, 0.25) is 5.91 Å². The minimum atomic E-state index is -0.449. The maximum atomic E-state index is 12.2. The van der Waals surface area contributed by atoms with Crippen LogP contribution in [0.5, 0.6) is 0 Å². The maximum Gasteiger partial charge on any atom is 0.321 e. The monoisotopic (exact) mass is 359 g/mol. The number of urea groups is 1. The van der Waals surface area contributed by atoms with Crippen LogP contribution in [0.4, 0.5) is 4.79 Å². The first-order valence-corrected chi connectivity index (χ1v) is 9.81. The predicted molar refractivity (Wildman–Crippen MR) is 105 cm³/mol. The van der Waals surface area contributed by atoms with Crippen LogP contribution in [0.15, 0.2) is 24.3 Å². The highest BCUT2D eigenvalue weighted by atomic mass is 16.2. The molecule has 1 saturated carbocycles. The quantitative estimate of drug-likeness (QED) is 0.695. The summed E-state index contributed by atoms with van der Waals surface area (Å²) in [5.74, 6) is 0.333. The first-order chi connectivity index (χ1) is 12.3. The van der Waals surface area contributed by atoms with Gasteiger partial charge in [0.05, 0.1) is 6.04 Å². The minimum absolute atomic E-state index is 0.0294. The van der Waals surface area contributed by atoms with Crippen molar-refractivity contribution >= 4 is 11.9 Å². The molecule has 0 radical (unpaired) electrons. The van der Waals surface area contributed by atoms with Crippen LogP contribution in [0.2, 0.25) is 0 Å². The van der Waals surface area contributed by atoms with E-state index < -0.39 is 6.04 Å². The Morgan fingerprint density at radius 2 is 1.65 bits per heavy atom. The summed E-state index contributed by atoms with van der Waals surface area (Å²) in [5.41, 5.74) is 2.46. The van der Waals surface area contributed by atoms with Gasteiger partial charge in [-0.3, -0.25) is 15.4 Å². The third-order valence-corrected chi connectivity index (χ3v) is 4.94. The first-order valence-electron chi connectivity index (χ1n) is 9.81. The van der Waals surface area contributed by atoms with Gasteiger partial charge in [-0.25, -0.2) is 4.79 Å². The average molecular weight is 360 g/mol. The fourth-order valence-corrected chi connectivity index (χ4v) is 3.47. The zero-order chi connectivity index (χ0) is 19.1. The van der Waals surface area contributed by atoms with E-state index in [4.69, 9.17) is 0 Å². The van der Waals surface area contributed by atoms with E-state index in [1.54, 1.807) is 6.92 Å². The van der Waals surface area contributed by atoms with Gasteiger partial charge >= 0.3 is 6.03 Å². The zero-order valence-corrected chi connectivity index (χ0v) is 16.5. The molecule has 0 spiro atoms. The summed E-state index contributed by atoms with van der Waals surface area (Å²) in [5, 5.41) is 8.58. The van der Waals surface area contributed by atoms with Crippen LogP contribution < -0.4 is 16.0 Å². The van der Waals surface area contributed by atoms with Crippen molar-refractivity contribution in [3.05, 3.63) is 35.4 Å². The molecule has 5 nitrogen and oxygen atoms in total. The van der Waals surface area contributed by atoms with E-state index in [2.05, 4.69) is 54.1 Å². The molecule has 2 unspecified atom stereocenters. The summed E-state index contributed by atoms with van der Waals surface area (Å²) in [6.45, 7) is 8.23. The SMILES string of the molecule is CC(C)Cc1ccc(C(C)NC(C)C(=O)NC(=O)NC2CCCC2)cc1. The van der Waals surface area contributed by atoms with Crippen molar-refractivity contribution in [1.82, 2.24) is 16.0 Å². The zero-order valence-electron chi connectivity index (χ0n) is 16.5. The Bertz CT molecular complexity index is 592. The number of nitrogens with one attached hydrogen (secondary N) is 3. The van der Waals surface area contributed by atoms with Crippen molar-refractivity contribution in [2.24, 2.45) is 5.92 Å². The molecular weight excluding hydrogens is 326 g/mol. The predicted octanol–water partition coefficient (Wildman–Crippen LogP) is 3.69. The highest BCUT2D eigenvalue weighted by Gasteiger charge is 2.21. The molecule has 0 heterocycles. The minimum Gasteiger partial charge on any atom is -0.335 e. The van der Waals surface area contributed by atoms with E-state index in [9.17, 15) is 9.59 Å². The molecule has 1 aliphatic carbocycles. The molecule has 5 heteroatoms. The van der Waals surface area contributed by atoms with Crippen molar-refractivity contribution in [1.29, 1.82) is 0 Å². The second-order valence-corrected chi connectivity index (χ2v) is 7.89. The molecule has 0 aromatic heterocycles. The normalized spacial score (nSPS) is 17.1. The van der Waals surface area contributed by atoms with E-state index in [1.807, 2.05) is 6.92 Å². The number of rotatable bonds is 7. The van der Waals surface area contributed by atoms with Gasteiger partial charge in [0, 0.05) is 12.1 Å². The van der Waals surface area contributed by atoms with Crippen LogP contribution in [0.3, 0.4) is 0 Å². The first kappa shape index (κ1) is 20.4. The van der Waals surface area contributed by atoms with E-state index >= 15 is 0 Å². The van der Waals surface area contributed by atoms with Crippen LogP contribution in [0, 0.1) is 5.92 Å². The summed E-state index contributed by atoms with van der Waals surface area (Å²) in [7, 11) is 0. The van der Waals surface area contributed by atoms with Crippen molar-refractivity contribution in [2.75, 3.05) is 0 Å². The van der Waals surface area contributed by atoms with Gasteiger partial charge in [-0.15, -0.1) is 0 Å². The fraction of sp³-hybridized carbons (Fsp3) is 0.619. The lowest BCUT2D eigenvalue weighted by atomic mass is 9.99. The lowest BCUT2D eigenvalue weighted by Gasteiger charge is -2.20. The van der Waals surface area contributed by atoms with E-state index in [0.717, 1.165) is 37.7 Å². The van der Waals surface area contributed by atoms with Gasteiger partial charge in [0.15, 0.2) is 0 Å². The summed E-state index contributed by atoms with van der Waals surface area (Å²) < 4.78 is 0. The molecule has 1 aromatic carbocycles. The Labute approximate surface area is 157 Å². The molecule has 0 bridgehead atoms. The smallest absolute Gasteiger partial charge is 0.321 e. The molecule has 0 aliphatic heterocycles. The van der Waals surface area contributed by atoms with E-state index in [0.29, 0.717) is 5.92 Å². The molecule has 3 amide bonds. The van der Waals surface area contributed by atoms with Crippen molar-refractivity contribution in [3.63, 3.8) is 0 Å². The molecule has 1 fully saturated rings. The standard InChI is InChI=1S/C21H33N3O2/c1-14(2)13-17-9-11-18(12-10-17)15(3)22-16(4)20(25)24-21(26)23-19-7-5-6-8-19/h9-12,14-16,19,22H,5-8,13H2,1-4H3,(H2,23,24,25,26). The van der Waals surface area contributed by atoms with E-state index in [1.165, 1.54) is 5.56 Å². The molecule has 1 aromatic rings. The second-order valence-electron chi connectivity index (χ2n) is 7.89. The topological polar surface area (TPSA) is 70.2 Å². The number of hydrogen-bond donors (Lipinski definition) is 3. The van der Waals surface area contributed by atoms with Gasteiger partial charge in [0.1, 0.15) is 0 Å². The van der Waals surface area contributed by atoms with Gasteiger partial charge in [0.25, 0.3) is 0 Å². The second kappa shape index (κ2) is 9.72. The molecular formula is C21H33N3O2. The van der Waals surface area contributed by atoms with Crippen LogP contribution in [0.25, 0.3) is 0 Å². The van der Waals surface area contributed by atoms with Crippen molar-refractivity contribution in [3.8, 4) is 0 Å². The lowest BCUT2D eigenvalue weighted by molar-refractivity contribution is -0.121. The maximum absolute atomic E-state index is 12.2. The summed E-state index contributed by atoms with van der Waals surface area (Å²) in [6, 6.07) is 7.90. The number of benzene rings is 1. The molecule has 3 N–H and O–H groups in total. The number of carbonyl (C=O) groups is 2. The van der Waals surface area contributed by atoms with E-state index in [-0.39, 0.29) is 24.0 Å². The Kier molecular flexibility index (Phi) is 7.64. The van der Waals surface area contributed by atoms with Crippen LogP contribution in [-0.4, -0.2) is 24.0 Å². The summed E-state index contributed by atoms with van der Waals surface area (Å²) >= 11 is 0. The summed E-state index contributed by atoms with van der Waals surface area (Å²) in [4.78, 5) is 24.2. The van der Waals surface area contributed by atoms with Crippen molar-refractivity contribution < 1.29 is 9.59 Å². The van der Waals surface area contributed by atoms with Gasteiger partial charge in [-0.1, -0.05) is 51.0 Å². The van der Waals surface area contributed by atoms with Gasteiger partial charge < -0.3 is 5.32 Å². The van der Waals surface area contributed by atoms with Gasteiger partial charge in [-0.2, -0.15) is 0 Å². The van der Waals surface area contributed by atoms with Crippen LogP contribution >= 0.6 is 0 Å². The molecule has 144 valence electrons. The Hall–Kier alpha value is -1.88.